The third-order valence-electron chi connectivity index (χ3n) is 8.63. The molecule has 1 aromatic heterocycles. The Morgan fingerprint density at radius 3 is 1.61 bits per heavy atom. The normalized spacial score (nSPS) is 11.9. The van der Waals surface area contributed by atoms with Crippen LogP contribution in [0.1, 0.15) is 0 Å². The van der Waals surface area contributed by atoms with Gasteiger partial charge in [0.1, 0.15) is 0 Å². The molecular formula is C40H24S. The van der Waals surface area contributed by atoms with E-state index in [0.29, 0.717) is 0 Å². The summed E-state index contributed by atoms with van der Waals surface area (Å²) in [5, 5.41) is 13.2. The summed E-state index contributed by atoms with van der Waals surface area (Å²) in [6, 6.07) is 53.8. The summed E-state index contributed by atoms with van der Waals surface area (Å²) in [5.74, 6) is 0. The van der Waals surface area contributed by atoms with Crippen LogP contribution in [-0.4, -0.2) is 0 Å². The Morgan fingerprint density at radius 1 is 0.293 bits per heavy atom. The van der Waals surface area contributed by atoms with Crippen LogP contribution < -0.4 is 0 Å². The fraction of sp³-hybridized carbons (Fsp3) is 0. The minimum absolute atomic E-state index is 1.24. The SMILES string of the molecule is c1cc(-c2ccc3sc4ccccc4c3c2)cc(-c2cc3c4ccccc4c4ccccc4c3c3ccccc23)c1. The third kappa shape index (κ3) is 3.40. The zero-order chi connectivity index (χ0) is 26.9. The molecule has 0 bridgehead atoms. The minimum atomic E-state index is 1.24. The van der Waals surface area contributed by atoms with Crippen LogP contribution in [0.5, 0.6) is 0 Å². The molecule has 8 aromatic carbocycles. The molecule has 0 nitrogen and oxygen atoms in total. The van der Waals surface area contributed by atoms with Gasteiger partial charge in [-0.3, -0.25) is 0 Å². The van der Waals surface area contributed by atoms with Crippen LogP contribution in [0.4, 0.5) is 0 Å². The third-order valence-corrected chi connectivity index (χ3v) is 9.78. The highest BCUT2D eigenvalue weighted by Gasteiger charge is 2.15. The molecule has 0 aliphatic carbocycles. The van der Waals surface area contributed by atoms with Crippen molar-refractivity contribution >= 4 is 74.6 Å². The zero-order valence-corrected chi connectivity index (χ0v) is 23.1. The average Bonchev–Trinajstić information content (AvgIpc) is 3.42. The molecule has 41 heavy (non-hydrogen) atoms. The van der Waals surface area contributed by atoms with Gasteiger partial charge in [0, 0.05) is 20.2 Å². The van der Waals surface area contributed by atoms with Crippen molar-refractivity contribution < 1.29 is 0 Å². The van der Waals surface area contributed by atoms with Gasteiger partial charge in [-0.25, -0.2) is 0 Å². The van der Waals surface area contributed by atoms with Gasteiger partial charge in [0.2, 0.25) is 0 Å². The van der Waals surface area contributed by atoms with Crippen LogP contribution >= 0.6 is 11.3 Å². The summed E-state index contributed by atoms with van der Waals surface area (Å²) >= 11 is 1.87. The first-order chi connectivity index (χ1) is 20.3. The van der Waals surface area contributed by atoms with E-state index in [-0.39, 0.29) is 0 Å². The summed E-state index contributed by atoms with van der Waals surface area (Å²) in [4.78, 5) is 0. The van der Waals surface area contributed by atoms with E-state index >= 15 is 0 Å². The van der Waals surface area contributed by atoms with E-state index in [0.717, 1.165) is 0 Å². The van der Waals surface area contributed by atoms with E-state index in [4.69, 9.17) is 0 Å². The standard InChI is InChI=1S/C40H24S/c1-2-14-30-28(12-1)29-13-3-5-17-33(29)40-34-18-6-4-15-31(34)35(24-37(30)40)27-11-9-10-25(22-27)26-20-21-39-36(23-26)32-16-7-8-19-38(32)41-39/h1-24H. The van der Waals surface area contributed by atoms with E-state index in [9.17, 15) is 0 Å². The molecule has 1 heterocycles. The Balaban J connectivity index is 1.32. The smallest absolute Gasteiger partial charge is 0.0355 e. The number of rotatable bonds is 2. The van der Waals surface area contributed by atoms with Gasteiger partial charge in [0.05, 0.1) is 0 Å². The van der Waals surface area contributed by atoms with Crippen LogP contribution in [0, 0.1) is 0 Å². The lowest BCUT2D eigenvalue weighted by Crippen LogP contribution is -1.89. The Hall–Kier alpha value is -4.98. The van der Waals surface area contributed by atoms with Crippen molar-refractivity contribution in [2.24, 2.45) is 0 Å². The van der Waals surface area contributed by atoms with Gasteiger partial charge < -0.3 is 0 Å². The van der Waals surface area contributed by atoms with Crippen molar-refractivity contribution in [2.75, 3.05) is 0 Å². The lowest BCUT2D eigenvalue weighted by Gasteiger charge is -2.16. The summed E-state index contributed by atoms with van der Waals surface area (Å²) in [6.45, 7) is 0. The Labute approximate surface area is 241 Å². The molecule has 9 aromatic rings. The predicted octanol–water partition coefficient (Wildman–Crippen LogP) is 12.0. The summed E-state index contributed by atoms with van der Waals surface area (Å²) in [7, 11) is 0. The van der Waals surface area contributed by atoms with Crippen molar-refractivity contribution in [3.05, 3.63) is 146 Å². The predicted molar refractivity (Wildman–Crippen MR) is 180 cm³/mol. The van der Waals surface area contributed by atoms with Gasteiger partial charge in [-0.05, 0) is 95.7 Å². The fourth-order valence-corrected chi connectivity index (χ4v) is 7.86. The van der Waals surface area contributed by atoms with E-state index in [1.807, 2.05) is 11.3 Å². The number of hydrogen-bond donors (Lipinski definition) is 0. The maximum absolute atomic E-state index is 2.43. The van der Waals surface area contributed by atoms with E-state index in [1.165, 1.54) is 85.5 Å². The second kappa shape index (κ2) is 8.76. The van der Waals surface area contributed by atoms with Gasteiger partial charge in [0.25, 0.3) is 0 Å². The van der Waals surface area contributed by atoms with Crippen molar-refractivity contribution in [1.29, 1.82) is 0 Å². The first kappa shape index (κ1) is 22.8. The topological polar surface area (TPSA) is 0 Å². The Bertz CT molecular complexity index is 2480. The zero-order valence-electron chi connectivity index (χ0n) is 22.3. The lowest BCUT2D eigenvalue weighted by atomic mass is 9.87. The average molecular weight is 537 g/mol. The molecular weight excluding hydrogens is 513 g/mol. The van der Waals surface area contributed by atoms with Crippen molar-refractivity contribution in [1.82, 2.24) is 0 Å². The van der Waals surface area contributed by atoms with Crippen LogP contribution in [-0.2, 0) is 0 Å². The first-order valence-corrected chi connectivity index (χ1v) is 14.9. The molecule has 9 rings (SSSR count). The molecule has 0 saturated carbocycles. The van der Waals surface area contributed by atoms with Crippen LogP contribution in [0.2, 0.25) is 0 Å². The van der Waals surface area contributed by atoms with Crippen LogP contribution in [0.3, 0.4) is 0 Å². The highest BCUT2D eigenvalue weighted by Crippen LogP contribution is 2.43. The fourth-order valence-electron chi connectivity index (χ4n) is 6.78. The quantitative estimate of drug-likeness (QED) is 0.193. The second-order valence-electron chi connectivity index (χ2n) is 10.9. The Morgan fingerprint density at radius 2 is 0.829 bits per heavy atom. The molecule has 0 atom stereocenters. The number of fused-ring (bicyclic) bond motifs is 11. The largest absolute Gasteiger partial charge is 0.135 e. The molecule has 0 aliphatic rings. The van der Waals surface area contributed by atoms with Gasteiger partial charge in [-0.2, -0.15) is 0 Å². The molecule has 0 saturated heterocycles. The summed E-state index contributed by atoms with van der Waals surface area (Å²) in [6.07, 6.45) is 0. The lowest BCUT2D eigenvalue weighted by molar-refractivity contribution is 1.63. The molecule has 0 amide bonds. The molecule has 0 unspecified atom stereocenters. The number of hydrogen-bond acceptors (Lipinski definition) is 1. The molecule has 1 heteroatoms. The minimum Gasteiger partial charge on any atom is -0.135 e. The van der Waals surface area contributed by atoms with Crippen LogP contribution in [0.25, 0.3) is 85.5 Å². The maximum Gasteiger partial charge on any atom is 0.0355 e. The van der Waals surface area contributed by atoms with E-state index < -0.39 is 0 Å². The number of thiophene rings is 1. The maximum atomic E-state index is 2.43. The molecule has 0 radical (unpaired) electrons. The first-order valence-electron chi connectivity index (χ1n) is 14.1. The number of benzene rings is 8. The summed E-state index contributed by atoms with van der Waals surface area (Å²) < 4.78 is 2.68. The monoisotopic (exact) mass is 536 g/mol. The molecule has 190 valence electrons. The molecule has 0 aliphatic heterocycles. The van der Waals surface area contributed by atoms with Crippen molar-refractivity contribution in [2.45, 2.75) is 0 Å². The van der Waals surface area contributed by atoms with Gasteiger partial charge in [-0.15, -0.1) is 11.3 Å². The highest BCUT2D eigenvalue weighted by molar-refractivity contribution is 7.25. The molecule has 0 fully saturated rings. The van der Waals surface area contributed by atoms with Crippen molar-refractivity contribution in [3.8, 4) is 22.3 Å². The van der Waals surface area contributed by atoms with Gasteiger partial charge in [0.15, 0.2) is 0 Å². The van der Waals surface area contributed by atoms with Gasteiger partial charge in [-0.1, -0.05) is 115 Å². The molecule has 0 N–H and O–H groups in total. The summed E-state index contributed by atoms with van der Waals surface area (Å²) in [5.41, 5.74) is 5.02. The van der Waals surface area contributed by atoms with Gasteiger partial charge >= 0.3 is 0 Å². The Kier molecular flexibility index (Phi) is 4.87. The van der Waals surface area contributed by atoms with Crippen LogP contribution in [0.15, 0.2) is 146 Å². The van der Waals surface area contributed by atoms with E-state index in [1.54, 1.807) is 0 Å². The van der Waals surface area contributed by atoms with E-state index in [2.05, 4.69) is 146 Å². The van der Waals surface area contributed by atoms with Crippen molar-refractivity contribution in [3.63, 3.8) is 0 Å². The molecule has 0 spiro atoms. The highest BCUT2D eigenvalue weighted by atomic mass is 32.1. The second-order valence-corrected chi connectivity index (χ2v) is 12.0.